The van der Waals surface area contributed by atoms with Gasteiger partial charge in [0.1, 0.15) is 12.7 Å². The van der Waals surface area contributed by atoms with Crippen LogP contribution in [0.5, 0.6) is 0 Å². The minimum absolute atomic E-state index is 0.115. The van der Waals surface area contributed by atoms with E-state index in [4.69, 9.17) is 18.9 Å². The number of rotatable bonds is 9. The summed E-state index contributed by atoms with van der Waals surface area (Å²) < 4.78 is 21.8. The molecule has 0 saturated carbocycles. The van der Waals surface area contributed by atoms with Gasteiger partial charge in [0.25, 0.3) is 0 Å². The zero-order valence-corrected chi connectivity index (χ0v) is 14.9. The van der Waals surface area contributed by atoms with Crippen molar-refractivity contribution < 1.29 is 28.5 Å². The number of carbonyl (C=O) groups is 2. The lowest BCUT2D eigenvalue weighted by Gasteiger charge is -2.22. The summed E-state index contributed by atoms with van der Waals surface area (Å²) in [5, 5.41) is 0. The van der Waals surface area contributed by atoms with E-state index in [1.807, 2.05) is 13.0 Å². The molecule has 6 heteroatoms. The number of ether oxygens (including phenoxy) is 4. The minimum Gasteiger partial charge on any atom is -0.466 e. The molecule has 0 N–H and O–H groups in total. The summed E-state index contributed by atoms with van der Waals surface area (Å²) in [5.74, 6) is -1.49. The van der Waals surface area contributed by atoms with Gasteiger partial charge < -0.3 is 18.9 Å². The molecule has 2 rings (SSSR count). The monoisotopic (exact) mass is 350 g/mol. The topological polar surface area (TPSA) is 71.1 Å². The van der Waals surface area contributed by atoms with Crippen molar-refractivity contribution in [3.05, 3.63) is 35.9 Å². The van der Waals surface area contributed by atoms with Gasteiger partial charge in [0.05, 0.1) is 25.2 Å². The third-order valence-corrected chi connectivity index (χ3v) is 3.94. The average molecular weight is 350 g/mol. The first-order valence-corrected chi connectivity index (χ1v) is 8.72. The highest BCUT2D eigenvalue weighted by atomic mass is 16.7. The van der Waals surface area contributed by atoms with Gasteiger partial charge in [-0.3, -0.25) is 4.79 Å². The largest absolute Gasteiger partial charge is 0.466 e. The molecule has 1 fully saturated rings. The zero-order valence-electron chi connectivity index (χ0n) is 14.9. The maximum absolute atomic E-state index is 11.9. The van der Waals surface area contributed by atoms with Gasteiger partial charge in [0.15, 0.2) is 5.79 Å². The Morgan fingerprint density at radius 1 is 1.24 bits per heavy atom. The highest BCUT2D eigenvalue weighted by molar-refractivity contribution is 5.89. The molecule has 6 nitrogen and oxygen atoms in total. The van der Waals surface area contributed by atoms with Crippen LogP contribution in [0, 0.1) is 0 Å². The Labute approximate surface area is 148 Å². The molecule has 138 valence electrons. The fourth-order valence-corrected chi connectivity index (χ4v) is 2.46. The van der Waals surface area contributed by atoms with Crippen LogP contribution in [0.3, 0.4) is 0 Å². The summed E-state index contributed by atoms with van der Waals surface area (Å²) in [7, 11) is 0. The molecular formula is C19H26O6. The van der Waals surface area contributed by atoms with Crippen LogP contribution in [0.2, 0.25) is 0 Å². The molecule has 0 bridgehead atoms. The van der Waals surface area contributed by atoms with Gasteiger partial charge >= 0.3 is 11.9 Å². The summed E-state index contributed by atoms with van der Waals surface area (Å²) in [5.41, 5.74) is 0.499. The van der Waals surface area contributed by atoms with Crippen molar-refractivity contribution >= 4 is 11.9 Å². The van der Waals surface area contributed by atoms with E-state index in [9.17, 15) is 9.59 Å². The summed E-state index contributed by atoms with van der Waals surface area (Å²) in [6.07, 6.45) is 2.15. The molecule has 1 aliphatic rings. The van der Waals surface area contributed by atoms with E-state index in [0.29, 0.717) is 25.2 Å². The molecule has 0 amide bonds. The molecule has 2 atom stereocenters. The Morgan fingerprint density at radius 2 is 2.00 bits per heavy atom. The van der Waals surface area contributed by atoms with Crippen LogP contribution < -0.4 is 0 Å². The molecule has 25 heavy (non-hydrogen) atoms. The minimum atomic E-state index is -0.854. The van der Waals surface area contributed by atoms with Crippen molar-refractivity contribution in [1.29, 1.82) is 0 Å². The number of hydrogen-bond donors (Lipinski definition) is 0. The predicted octanol–water partition coefficient (Wildman–Crippen LogP) is 3.10. The van der Waals surface area contributed by atoms with Gasteiger partial charge in [-0.25, -0.2) is 4.79 Å². The normalized spacial score (nSPS) is 22.6. The maximum atomic E-state index is 11.9. The number of hydrogen-bond acceptors (Lipinski definition) is 6. The second-order valence-electron chi connectivity index (χ2n) is 6.22. The molecule has 1 aliphatic heterocycles. The van der Waals surface area contributed by atoms with Crippen molar-refractivity contribution in [2.45, 2.75) is 51.4 Å². The lowest BCUT2D eigenvalue weighted by molar-refractivity contribution is -0.170. The van der Waals surface area contributed by atoms with Crippen molar-refractivity contribution in [2.75, 3.05) is 19.8 Å². The lowest BCUT2D eigenvalue weighted by atomic mass is 10.1. The first kappa shape index (κ1) is 19.4. The van der Waals surface area contributed by atoms with Crippen LogP contribution in [-0.2, 0) is 23.7 Å². The molecule has 1 heterocycles. The first-order valence-electron chi connectivity index (χ1n) is 8.72. The quantitative estimate of drug-likeness (QED) is 0.503. The Hall–Kier alpha value is -1.92. The van der Waals surface area contributed by atoms with E-state index in [2.05, 4.69) is 0 Å². The van der Waals surface area contributed by atoms with Crippen molar-refractivity contribution in [2.24, 2.45) is 0 Å². The molecule has 0 aromatic heterocycles. The van der Waals surface area contributed by atoms with Gasteiger partial charge in [-0.05, 0) is 25.5 Å². The molecule has 0 radical (unpaired) electrons. The van der Waals surface area contributed by atoms with Crippen LogP contribution in [0.4, 0.5) is 0 Å². The Bertz CT molecular complexity index is 558. The van der Waals surface area contributed by atoms with E-state index in [-0.39, 0.29) is 25.1 Å². The SMILES string of the molecule is CCCCOC(=O)CCC1(C)OCC(COC(=O)c2ccccc2)O1. The van der Waals surface area contributed by atoms with Gasteiger partial charge in [-0.2, -0.15) is 0 Å². The van der Waals surface area contributed by atoms with Crippen LogP contribution in [0.25, 0.3) is 0 Å². The summed E-state index contributed by atoms with van der Waals surface area (Å²) in [6.45, 7) is 4.71. The van der Waals surface area contributed by atoms with Crippen LogP contribution in [-0.4, -0.2) is 43.7 Å². The fraction of sp³-hybridized carbons (Fsp3) is 0.579. The second kappa shape index (κ2) is 9.53. The van der Waals surface area contributed by atoms with E-state index >= 15 is 0 Å². The van der Waals surface area contributed by atoms with Crippen LogP contribution >= 0.6 is 0 Å². The standard InChI is InChI=1S/C19H26O6/c1-3-4-12-22-17(20)10-11-19(2)24-14-16(25-19)13-23-18(21)15-8-6-5-7-9-15/h5-9,16H,3-4,10-14H2,1-2H3. The summed E-state index contributed by atoms with van der Waals surface area (Å²) in [6, 6.07) is 8.79. The molecule has 2 unspecified atom stereocenters. The fourth-order valence-electron chi connectivity index (χ4n) is 2.46. The number of benzene rings is 1. The Kier molecular flexibility index (Phi) is 7.40. The number of carbonyl (C=O) groups excluding carboxylic acids is 2. The van der Waals surface area contributed by atoms with Crippen molar-refractivity contribution in [3.63, 3.8) is 0 Å². The molecule has 0 aliphatic carbocycles. The number of unbranched alkanes of at least 4 members (excludes halogenated alkanes) is 1. The van der Waals surface area contributed by atoms with Crippen molar-refractivity contribution in [1.82, 2.24) is 0 Å². The number of esters is 2. The van der Waals surface area contributed by atoms with Gasteiger partial charge in [0, 0.05) is 6.42 Å². The maximum Gasteiger partial charge on any atom is 0.338 e. The van der Waals surface area contributed by atoms with Gasteiger partial charge in [-0.1, -0.05) is 31.5 Å². The summed E-state index contributed by atoms with van der Waals surface area (Å²) >= 11 is 0. The molecule has 1 saturated heterocycles. The van der Waals surface area contributed by atoms with Gasteiger partial charge in [0.2, 0.25) is 0 Å². The van der Waals surface area contributed by atoms with E-state index in [1.54, 1.807) is 31.2 Å². The van der Waals surface area contributed by atoms with Crippen LogP contribution in [0.1, 0.15) is 49.9 Å². The Morgan fingerprint density at radius 3 is 2.72 bits per heavy atom. The average Bonchev–Trinajstić information content (AvgIpc) is 3.01. The molecule has 1 aromatic carbocycles. The van der Waals surface area contributed by atoms with Crippen molar-refractivity contribution in [3.8, 4) is 0 Å². The van der Waals surface area contributed by atoms with E-state index in [1.165, 1.54) is 0 Å². The van der Waals surface area contributed by atoms with E-state index < -0.39 is 11.8 Å². The lowest BCUT2D eigenvalue weighted by Crippen LogP contribution is -2.29. The zero-order chi connectivity index (χ0) is 18.1. The first-order chi connectivity index (χ1) is 12.0. The molecule has 1 aromatic rings. The Balaban J connectivity index is 1.69. The predicted molar refractivity (Wildman–Crippen MR) is 91.1 cm³/mol. The third kappa shape index (κ3) is 6.48. The third-order valence-electron chi connectivity index (χ3n) is 3.94. The second-order valence-corrected chi connectivity index (χ2v) is 6.22. The van der Waals surface area contributed by atoms with E-state index in [0.717, 1.165) is 12.8 Å². The highest BCUT2D eigenvalue weighted by Crippen LogP contribution is 2.28. The molecule has 0 spiro atoms. The molecular weight excluding hydrogens is 324 g/mol. The smallest absolute Gasteiger partial charge is 0.338 e. The van der Waals surface area contributed by atoms with Crippen LogP contribution in [0.15, 0.2) is 30.3 Å². The highest BCUT2D eigenvalue weighted by Gasteiger charge is 2.38. The van der Waals surface area contributed by atoms with Gasteiger partial charge in [-0.15, -0.1) is 0 Å². The summed E-state index contributed by atoms with van der Waals surface area (Å²) in [4.78, 5) is 23.6.